The highest BCUT2D eigenvalue weighted by atomic mass is 19.1. The third-order valence-corrected chi connectivity index (χ3v) is 3.67. The van der Waals surface area contributed by atoms with Gasteiger partial charge in [-0.2, -0.15) is 0 Å². The van der Waals surface area contributed by atoms with E-state index in [1.807, 2.05) is 0 Å². The van der Waals surface area contributed by atoms with E-state index < -0.39 is 23.7 Å². The van der Waals surface area contributed by atoms with Gasteiger partial charge in [0.1, 0.15) is 11.6 Å². The second kappa shape index (κ2) is 6.21. The van der Waals surface area contributed by atoms with Gasteiger partial charge in [0.15, 0.2) is 0 Å². The number of rotatable bonds is 2. The molecule has 7 heteroatoms. The van der Waals surface area contributed by atoms with Crippen molar-refractivity contribution in [1.29, 1.82) is 0 Å². The molecular weight excluding hydrogens is 303 g/mol. The first-order valence-electron chi connectivity index (χ1n) is 7.16. The molecule has 2 amide bonds. The molecule has 2 N–H and O–H groups in total. The number of carbonyl (C=O) groups is 2. The molecule has 23 heavy (non-hydrogen) atoms. The second-order valence-electron chi connectivity index (χ2n) is 5.32. The summed E-state index contributed by atoms with van der Waals surface area (Å²) in [6.45, 7) is 0.420. The molecule has 0 unspecified atom stereocenters. The van der Waals surface area contributed by atoms with Gasteiger partial charge in [-0.05, 0) is 36.8 Å². The zero-order valence-corrected chi connectivity index (χ0v) is 12.2. The zero-order chi connectivity index (χ0) is 16.4. The average Bonchev–Trinajstić information content (AvgIpc) is 3.20. The number of β-amino-alcohol motifs (C(OH)–C–C–N with tert-alkyl or cyclic N) is 1. The standard InChI is InChI=1S/C16H15FN2O4/c17-12-4-3-10(14-2-1-7-23-14)8-13(12)18-15(21)16(22)19-6-5-11(20)9-19/h1-4,7-8,11,20H,5-6,9H2,(H,18,21)/t11-/m0/s1. The third-order valence-electron chi connectivity index (χ3n) is 3.67. The number of carbonyl (C=O) groups excluding carboxylic acids is 2. The third kappa shape index (κ3) is 3.24. The second-order valence-corrected chi connectivity index (χ2v) is 5.32. The molecule has 1 aromatic carbocycles. The molecular formula is C16H15FN2O4. The minimum atomic E-state index is -0.936. The summed E-state index contributed by atoms with van der Waals surface area (Å²) in [5.41, 5.74) is 0.479. The van der Waals surface area contributed by atoms with Gasteiger partial charge in [-0.15, -0.1) is 0 Å². The fourth-order valence-electron chi connectivity index (χ4n) is 2.46. The predicted octanol–water partition coefficient (Wildman–Crippen LogP) is 1.62. The van der Waals surface area contributed by atoms with Crippen molar-refractivity contribution in [3.63, 3.8) is 0 Å². The van der Waals surface area contributed by atoms with Crippen LogP contribution in [0.4, 0.5) is 10.1 Å². The van der Waals surface area contributed by atoms with Crippen molar-refractivity contribution in [2.45, 2.75) is 12.5 Å². The summed E-state index contributed by atoms with van der Waals surface area (Å²) in [5.74, 6) is -1.85. The Morgan fingerprint density at radius 1 is 1.35 bits per heavy atom. The Hall–Kier alpha value is -2.67. The monoisotopic (exact) mass is 318 g/mol. The van der Waals surface area contributed by atoms with Gasteiger partial charge >= 0.3 is 11.8 Å². The molecule has 6 nitrogen and oxygen atoms in total. The van der Waals surface area contributed by atoms with Crippen molar-refractivity contribution in [3.8, 4) is 11.3 Å². The van der Waals surface area contributed by atoms with Gasteiger partial charge in [-0.25, -0.2) is 4.39 Å². The number of likely N-dealkylation sites (tertiary alicyclic amines) is 1. The quantitative estimate of drug-likeness (QED) is 0.824. The summed E-state index contributed by atoms with van der Waals surface area (Å²) in [6, 6.07) is 7.51. The van der Waals surface area contributed by atoms with Crippen LogP contribution < -0.4 is 5.32 Å². The highest BCUT2D eigenvalue weighted by Gasteiger charge is 2.29. The van der Waals surface area contributed by atoms with Gasteiger partial charge in [0.2, 0.25) is 0 Å². The fraction of sp³-hybridized carbons (Fsp3) is 0.250. The molecule has 3 rings (SSSR count). The van der Waals surface area contributed by atoms with E-state index >= 15 is 0 Å². The van der Waals surface area contributed by atoms with E-state index in [4.69, 9.17) is 4.42 Å². The van der Waals surface area contributed by atoms with E-state index in [2.05, 4.69) is 5.32 Å². The number of hydrogen-bond acceptors (Lipinski definition) is 4. The number of anilines is 1. The molecule has 0 radical (unpaired) electrons. The van der Waals surface area contributed by atoms with Crippen molar-refractivity contribution in [3.05, 3.63) is 42.4 Å². The van der Waals surface area contributed by atoms with Crippen molar-refractivity contribution in [2.75, 3.05) is 18.4 Å². The number of aliphatic hydroxyl groups excluding tert-OH is 1. The SMILES string of the molecule is O=C(Nc1cc(-c2ccco2)ccc1F)C(=O)N1CC[C@H](O)C1. The van der Waals surface area contributed by atoms with E-state index in [1.165, 1.54) is 29.4 Å². The van der Waals surface area contributed by atoms with Gasteiger partial charge in [0, 0.05) is 18.7 Å². The Morgan fingerprint density at radius 2 is 2.17 bits per heavy atom. The molecule has 2 heterocycles. The summed E-state index contributed by atoms with van der Waals surface area (Å²) in [5, 5.41) is 11.7. The van der Waals surface area contributed by atoms with Crippen LogP contribution in [-0.2, 0) is 9.59 Å². The first-order chi connectivity index (χ1) is 11.0. The molecule has 1 fully saturated rings. The zero-order valence-electron chi connectivity index (χ0n) is 12.2. The van der Waals surface area contributed by atoms with Crippen LogP contribution in [0.2, 0.25) is 0 Å². The van der Waals surface area contributed by atoms with E-state index in [0.29, 0.717) is 24.3 Å². The van der Waals surface area contributed by atoms with Crippen molar-refractivity contribution in [1.82, 2.24) is 4.90 Å². The number of amides is 2. The van der Waals surface area contributed by atoms with Crippen molar-refractivity contribution < 1.29 is 23.5 Å². The van der Waals surface area contributed by atoms with Crippen LogP contribution in [0, 0.1) is 5.82 Å². The summed E-state index contributed by atoms with van der Waals surface area (Å²) in [6.07, 6.45) is 1.30. The maximum atomic E-state index is 13.9. The summed E-state index contributed by atoms with van der Waals surface area (Å²) in [4.78, 5) is 25.2. The molecule has 1 saturated heterocycles. The van der Waals surface area contributed by atoms with Crippen molar-refractivity contribution in [2.24, 2.45) is 0 Å². The van der Waals surface area contributed by atoms with Gasteiger partial charge in [-0.3, -0.25) is 9.59 Å². The van der Waals surface area contributed by atoms with E-state index in [-0.39, 0.29) is 12.2 Å². The Labute approximate surface area is 131 Å². The van der Waals surface area contributed by atoms with Crippen LogP contribution in [0.25, 0.3) is 11.3 Å². The van der Waals surface area contributed by atoms with Gasteiger partial charge < -0.3 is 19.7 Å². The Balaban J connectivity index is 1.75. The van der Waals surface area contributed by atoms with Crippen LogP contribution in [0.1, 0.15) is 6.42 Å². The Morgan fingerprint density at radius 3 is 2.83 bits per heavy atom. The molecule has 0 aliphatic carbocycles. The van der Waals surface area contributed by atoms with E-state index in [1.54, 1.807) is 12.1 Å². The molecule has 1 atom stereocenters. The van der Waals surface area contributed by atoms with Crippen LogP contribution in [0.3, 0.4) is 0 Å². The van der Waals surface area contributed by atoms with Crippen LogP contribution in [-0.4, -0.2) is 41.0 Å². The Kier molecular flexibility index (Phi) is 4.12. The average molecular weight is 318 g/mol. The minimum absolute atomic E-state index is 0.100. The molecule has 1 aliphatic rings. The number of benzene rings is 1. The molecule has 0 saturated carbocycles. The van der Waals surface area contributed by atoms with E-state index in [0.717, 1.165) is 0 Å². The molecule has 0 bridgehead atoms. The highest BCUT2D eigenvalue weighted by Crippen LogP contribution is 2.25. The number of furan rings is 1. The maximum Gasteiger partial charge on any atom is 0.313 e. The summed E-state index contributed by atoms with van der Waals surface area (Å²) in [7, 11) is 0. The summed E-state index contributed by atoms with van der Waals surface area (Å²) >= 11 is 0. The number of hydrogen-bond donors (Lipinski definition) is 2. The molecule has 120 valence electrons. The lowest BCUT2D eigenvalue weighted by atomic mass is 10.1. The van der Waals surface area contributed by atoms with Crippen LogP contribution >= 0.6 is 0 Å². The molecule has 0 spiro atoms. The lowest BCUT2D eigenvalue weighted by molar-refractivity contribution is -0.142. The summed E-state index contributed by atoms with van der Waals surface area (Å²) < 4.78 is 19.1. The molecule has 1 aliphatic heterocycles. The number of nitrogens with one attached hydrogen (secondary N) is 1. The topological polar surface area (TPSA) is 82.8 Å². The lowest BCUT2D eigenvalue weighted by Crippen LogP contribution is -2.38. The first kappa shape index (κ1) is 15.2. The van der Waals surface area contributed by atoms with Crippen LogP contribution in [0.15, 0.2) is 41.0 Å². The van der Waals surface area contributed by atoms with Crippen molar-refractivity contribution >= 4 is 17.5 Å². The minimum Gasteiger partial charge on any atom is -0.464 e. The normalized spacial score (nSPS) is 17.3. The molecule has 1 aromatic heterocycles. The fourth-order valence-corrected chi connectivity index (χ4v) is 2.46. The van der Waals surface area contributed by atoms with E-state index in [9.17, 15) is 19.1 Å². The lowest BCUT2D eigenvalue weighted by Gasteiger charge is -2.15. The number of halogens is 1. The smallest absolute Gasteiger partial charge is 0.313 e. The largest absolute Gasteiger partial charge is 0.464 e. The highest BCUT2D eigenvalue weighted by molar-refractivity contribution is 6.39. The van der Waals surface area contributed by atoms with Gasteiger partial charge in [0.05, 0.1) is 18.1 Å². The predicted molar refractivity (Wildman–Crippen MR) is 79.9 cm³/mol. The molecule has 2 aromatic rings. The number of aliphatic hydroxyl groups is 1. The maximum absolute atomic E-state index is 13.9. The Bertz CT molecular complexity index is 730. The van der Waals surface area contributed by atoms with Gasteiger partial charge in [-0.1, -0.05) is 0 Å². The van der Waals surface area contributed by atoms with Crippen LogP contribution in [0.5, 0.6) is 0 Å². The first-order valence-corrected chi connectivity index (χ1v) is 7.16. The number of nitrogens with zero attached hydrogens (tertiary/aromatic N) is 1. The van der Waals surface area contributed by atoms with Gasteiger partial charge in [0.25, 0.3) is 0 Å².